The van der Waals surface area contributed by atoms with E-state index in [-0.39, 0.29) is 17.3 Å². The molecule has 1 aromatic heterocycles. The topological polar surface area (TPSA) is 84.0 Å². The Morgan fingerprint density at radius 2 is 1.95 bits per heavy atom. The number of benzene rings is 2. The van der Waals surface area contributed by atoms with E-state index in [1.807, 2.05) is 31.3 Å². The number of sulfonamides is 1. The molecule has 0 saturated carbocycles. The SMILES string of the molecule is CCN1CCc2cc(OCc3ccc4c(c3)N(C)CCO4)c(NS(=O)(=O)c3cccc(Cl)c3C)nc2CC1. The fourth-order valence-electron chi connectivity index (χ4n) is 4.87. The van der Waals surface area contributed by atoms with Gasteiger partial charge in [-0.2, -0.15) is 0 Å². The number of hydrogen-bond acceptors (Lipinski definition) is 7. The molecule has 2 aliphatic heterocycles. The molecular weight excluding hydrogens is 524 g/mol. The van der Waals surface area contributed by atoms with Crippen LogP contribution in [0.2, 0.25) is 5.02 Å². The highest BCUT2D eigenvalue weighted by Crippen LogP contribution is 2.34. The number of halogens is 1. The van der Waals surface area contributed by atoms with Gasteiger partial charge < -0.3 is 19.3 Å². The van der Waals surface area contributed by atoms with Gasteiger partial charge in [-0.1, -0.05) is 30.7 Å². The molecule has 0 spiro atoms. The van der Waals surface area contributed by atoms with Crippen LogP contribution >= 0.6 is 11.6 Å². The molecule has 2 aliphatic rings. The molecule has 3 aromatic rings. The second-order valence-corrected chi connectivity index (χ2v) is 11.8. The molecule has 2 aromatic carbocycles. The number of hydrogen-bond donors (Lipinski definition) is 1. The summed E-state index contributed by atoms with van der Waals surface area (Å²) in [5.41, 5.74) is 4.41. The van der Waals surface area contributed by atoms with Gasteiger partial charge in [-0.3, -0.25) is 4.72 Å². The minimum atomic E-state index is -3.95. The number of likely N-dealkylation sites (N-methyl/N-ethyl adjacent to an activating group) is 2. The summed E-state index contributed by atoms with van der Waals surface area (Å²) in [4.78, 5) is 9.43. The zero-order valence-corrected chi connectivity index (χ0v) is 23.5. The highest BCUT2D eigenvalue weighted by molar-refractivity contribution is 7.92. The van der Waals surface area contributed by atoms with E-state index in [0.29, 0.717) is 22.9 Å². The molecule has 38 heavy (non-hydrogen) atoms. The lowest BCUT2D eigenvalue weighted by Gasteiger charge is -2.28. The summed E-state index contributed by atoms with van der Waals surface area (Å²) in [6, 6.07) is 12.7. The monoisotopic (exact) mass is 556 g/mol. The van der Waals surface area contributed by atoms with Gasteiger partial charge in [0.2, 0.25) is 0 Å². The Kier molecular flexibility index (Phi) is 7.70. The molecular formula is C28H33ClN4O4S. The molecule has 0 amide bonds. The Bertz CT molecular complexity index is 1450. The lowest BCUT2D eigenvalue weighted by Crippen LogP contribution is -2.28. The number of nitrogens with zero attached hydrogens (tertiary/aromatic N) is 3. The maximum atomic E-state index is 13.4. The minimum absolute atomic E-state index is 0.113. The first kappa shape index (κ1) is 26.6. The lowest BCUT2D eigenvalue weighted by molar-refractivity contribution is 0.301. The van der Waals surface area contributed by atoms with Crippen molar-refractivity contribution in [1.82, 2.24) is 9.88 Å². The Labute approximate surface area is 229 Å². The molecule has 0 unspecified atom stereocenters. The number of rotatable bonds is 7. The van der Waals surface area contributed by atoms with E-state index < -0.39 is 10.0 Å². The second kappa shape index (κ2) is 11.0. The molecule has 0 atom stereocenters. The van der Waals surface area contributed by atoms with Crippen LogP contribution in [0.3, 0.4) is 0 Å². The first-order chi connectivity index (χ1) is 18.2. The first-order valence-electron chi connectivity index (χ1n) is 12.9. The normalized spacial score (nSPS) is 15.7. The third kappa shape index (κ3) is 5.55. The number of pyridine rings is 1. The Balaban J connectivity index is 1.47. The smallest absolute Gasteiger partial charge is 0.263 e. The molecule has 0 fully saturated rings. The minimum Gasteiger partial charge on any atom is -0.490 e. The number of fused-ring (bicyclic) bond motifs is 2. The summed E-state index contributed by atoms with van der Waals surface area (Å²) in [5.74, 6) is 1.44. The summed E-state index contributed by atoms with van der Waals surface area (Å²) in [6.45, 7) is 8.33. The van der Waals surface area contributed by atoms with Crippen LogP contribution in [0.1, 0.15) is 29.3 Å². The van der Waals surface area contributed by atoms with Gasteiger partial charge >= 0.3 is 0 Å². The Morgan fingerprint density at radius 1 is 1.13 bits per heavy atom. The highest BCUT2D eigenvalue weighted by Gasteiger charge is 2.24. The zero-order chi connectivity index (χ0) is 26.9. The number of nitrogens with one attached hydrogen (secondary N) is 1. The first-order valence-corrected chi connectivity index (χ1v) is 14.7. The van der Waals surface area contributed by atoms with Crippen LogP contribution in [0.25, 0.3) is 0 Å². The Hall–Kier alpha value is -3.01. The third-order valence-electron chi connectivity index (χ3n) is 7.22. The van der Waals surface area contributed by atoms with Crippen molar-refractivity contribution < 1.29 is 17.9 Å². The molecule has 0 saturated heterocycles. The molecule has 202 valence electrons. The zero-order valence-electron chi connectivity index (χ0n) is 22.0. The van der Waals surface area contributed by atoms with E-state index in [1.165, 1.54) is 0 Å². The predicted octanol–water partition coefficient (Wildman–Crippen LogP) is 4.67. The quantitative estimate of drug-likeness (QED) is 0.452. The van der Waals surface area contributed by atoms with Gasteiger partial charge in [-0.25, -0.2) is 13.4 Å². The number of ether oxygens (including phenoxy) is 2. The van der Waals surface area contributed by atoms with Gasteiger partial charge in [0.25, 0.3) is 10.0 Å². The van der Waals surface area contributed by atoms with Gasteiger partial charge in [-0.15, -0.1) is 0 Å². The average Bonchev–Trinajstić information content (AvgIpc) is 3.10. The maximum Gasteiger partial charge on any atom is 0.263 e. The van der Waals surface area contributed by atoms with Gasteiger partial charge in [0.1, 0.15) is 19.0 Å². The molecule has 0 bridgehead atoms. The fraction of sp³-hybridized carbons (Fsp3) is 0.393. The summed E-state index contributed by atoms with van der Waals surface area (Å²) in [6.07, 6.45) is 1.57. The van der Waals surface area contributed by atoms with Crippen molar-refractivity contribution in [3.63, 3.8) is 0 Å². The van der Waals surface area contributed by atoms with Crippen LogP contribution in [-0.2, 0) is 29.5 Å². The number of anilines is 2. The fourth-order valence-corrected chi connectivity index (χ4v) is 6.38. The van der Waals surface area contributed by atoms with Gasteiger partial charge in [0, 0.05) is 37.3 Å². The van der Waals surface area contributed by atoms with E-state index >= 15 is 0 Å². The predicted molar refractivity (Wildman–Crippen MR) is 150 cm³/mol. The molecule has 3 heterocycles. The van der Waals surface area contributed by atoms with Crippen molar-refractivity contribution in [2.45, 2.75) is 38.2 Å². The molecule has 1 N–H and O–H groups in total. The third-order valence-corrected chi connectivity index (χ3v) is 9.11. The number of aromatic nitrogens is 1. The van der Waals surface area contributed by atoms with E-state index in [1.54, 1.807) is 25.1 Å². The summed E-state index contributed by atoms with van der Waals surface area (Å²) >= 11 is 6.22. The molecule has 0 aliphatic carbocycles. The van der Waals surface area contributed by atoms with Crippen LogP contribution in [0.4, 0.5) is 11.5 Å². The second-order valence-electron chi connectivity index (χ2n) is 9.70. The standard InChI is InChI=1S/C28H33ClN4O4S/c1-4-33-12-10-21-17-26(37-18-20-8-9-25-24(16-20)32(3)14-15-36-25)28(30-23(21)11-13-33)31-38(34,35)27-7-5-6-22(29)19(27)2/h5-9,16-17H,4,10-15,18H2,1-3H3,(H,30,31). The van der Waals surface area contributed by atoms with Crippen LogP contribution in [-0.4, -0.2) is 58.1 Å². The van der Waals surface area contributed by atoms with E-state index in [2.05, 4.69) is 21.4 Å². The van der Waals surface area contributed by atoms with Crippen molar-refractivity contribution in [2.24, 2.45) is 0 Å². The molecule has 8 nitrogen and oxygen atoms in total. The Morgan fingerprint density at radius 3 is 2.76 bits per heavy atom. The van der Waals surface area contributed by atoms with Crippen LogP contribution < -0.4 is 19.1 Å². The maximum absolute atomic E-state index is 13.4. The van der Waals surface area contributed by atoms with Crippen molar-refractivity contribution in [2.75, 3.05) is 49.5 Å². The van der Waals surface area contributed by atoms with Crippen LogP contribution in [0, 0.1) is 6.92 Å². The van der Waals surface area contributed by atoms with Crippen LogP contribution in [0.15, 0.2) is 47.4 Å². The van der Waals surface area contributed by atoms with Crippen molar-refractivity contribution in [3.8, 4) is 11.5 Å². The lowest BCUT2D eigenvalue weighted by atomic mass is 10.1. The summed E-state index contributed by atoms with van der Waals surface area (Å²) < 4.78 is 41.6. The van der Waals surface area contributed by atoms with Crippen molar-refractivity contribution in [1.29, 1.82) is 0 Å². The van der Waals surface area contributed by atoms with E-state index in [9.17, 15) is 8.42 Å². The summed E-state index contributed by atoms with van der Waals surface area (Å²) in [5, 5.41) is 0.389. The van der Waals surface area contributed by atoms with E-state index in [0.717, 1.165) is 67.3 Å². The van der Waals surface area contributed by atoms with Gasteiger partial charge in [-0.05, 0) is 66.9 Å². The van der Waals surface area contributed by atoms with Gasteiger partial charge in [0.05, 0.1) is 17.1 Å². The van der Waals surface area contributed by atoms with Crippen molar-refractivity contribution in [3.05, 3.63) is 69.9 Å². The molecule has 10 heteroatoms. The summed E-state index contributed by atoms with van der Waals surface area (Å²) in [7, 11) is -1.92. The van der Waals surface area contributed by atoms with Crippen molar-refractivity contribution >= 4 is 33.1 Å². The largest absolute Gasteiger partial charge is 0.490 e. The molecule has 5 rings (SSSR count). The highest BCUT2D eigenvalue weighted by atomic mass is 35.5. The molecule has 0 radical (unpaired) electrons. The van der Waals surface area contributed by atoms with Crippen LogP contribution in [0.5, 0.6) is 11.5 Å². The average molecular weight is 557 g/mol. The van der Waals surface area contributed by atoms with Gasteiger partial charge in [0.15, 0.2) is 11.6 Å². The van der Waals surface area contributed by atoms with E-state index in [4.69, 9.17) is 26.1 Å².